The number of hydrogen-bond donors (Lipinski definition) is 2. The van der Waals surface area contributed by atoms with Crippen LogP contribution in [0, 0.1) is 0 Å². The molecule has 1 aliphatic heterocycles. The summed E-state index contributed by atoms with van der Waals surface area (Å²) >= 11 is 0. The lowest BCUT2D eigenvalue weighted by Crippen LogP contribution is -2.41. The van der Waals surface area contributed by atoms with Crippen LogP contribution in [0.25, 0.3) is 0 Å². The van der Waals surface area contributed by atoms with Crippen LogP contribution in [0.5, 0.6) is 0 Å². The Morgan fingerprint density at radius 2 is 2.31 bits per heavy atom. The molecule has 0 amide bonds. The number of rotatable bonds is 7. The molecule has 3 N–H and O–H groups in total. The fourth-order valence-corrected chi connectivity index (χ4v) is 2.00. The largest absolute Gasteiger partial charge is 0.394 e. The zero-order valence-electron chi connectivity index (χ0n) is 10.2. The van der Waals surface area contributed by atoms with Gasteiger partial charge in [0.05, 0.1) is 25.4 Å². The molecule has 0 spiro atoms. The molecule has 0 radical (unpaired) electrons. The average Bonchev–Trinajstić information content (AvgIpc) is 2.31. The maximum atomic E-state index is 9.21. The molecule has 0 aromatic carbocycles. The zero-order chi connectivity index (χ0) is 11.8. The van der Waals surface area contributed by atoms with Crippen LogP contribution >= 0.6 is 0 Å². The third kappa shape index (κ3) is 4.78. The minimum Gasteiger partial charge on any atom is -0.394 e. The van der Waals surface area contributed by atoms with E-state index in [2.05, 4.69) is 6.92 Å². The second-order valence-electron chi connectivity index (χ2n) is 4.50. The van der Waals surface area contributed by atoms with E-state index in [9.17, 15) is 5.11 Å². The van der Waals surface area contributed by atoms with Gasteiger partial charge in [0, 0.05) is 12.6 Å². The van der Waals surface area contributed by atoms with Crippen molar-refractivity contribution >= 4 is 0 Å². The Morgan fingerprint density at radius 3 is 2.88 bits per heavy atom. The monoisotopic (exact) mass is 231 g/mol. The Hall–Kier alpha value is -0.160. The van der Waals surface area contributed by atoms with Gasteiger partial charge in [-0.15, -0.1) is 0 Å². The topological polar surface area (TPSA) is 64.7 Å². The van der Waals surface area contributed by atoms with Gasteiger partial charge in [0.15, 0.2) is 0 Å². The first-order valence-electron chi connectivity index (χ1n) is 6.37. The molecule has 3 unspecified atom stereocenters. The van der Waals surface area contributed by atoms with Crippen LogP contribution < -0.4 is 5.73 Å². The molecule has 0 aromatic heterocycles. The van der Waals surface area contributed by atoms with E-state index in [0.29, 0.717) is 6.61 Å². The van der Waals surface area contributed by atoms with Gasteiger partial charge in [-0.3, -0.25) is 0 Å². The van der Waals surface area contributed by atoms with E-state index in [1.165, 1.54) is 6.42 Å². The Balaban J connectivity index is 2.21. The third-order valence-electron chi connectivity index (χ3n) is 3.05. The summed E-state index contributed by atoms with van der Waals surface area (Å²) in [5, 5.41) is 9.21. The highest BCUT2D eigenvalue weighted by Gasteiger charge is 2.20. The molecular formula is C12H25NO3. The van der Waals surface area contributed by atoms with Crippen LogP contribution in [0.4, 0.5) is 0 Å². The Labute approximate surface area is 98.1 Å². The van der Waals surface area contributed by atoms with Crippen LogP contribution in [0.2, 0.25) is 0 Å². The molecule has 4 heteroatoms. The van der Waals surface area contributed by atoms with Crippen LogP contribution in [-0.4, -0.2) is 43.2 Å². The smallest absolute Gasteiger partial charge is 0.0957 e. The summed E-state index contributed by atoms with van der Waals surface area (Å²) < 4.78 is 11.2. The molecule has 1 aliphatic rings. The minimum absolute atomic E-state index is 0.00606. The molecule has 0 aromatic rings. The molecule has 3 atom stereocenters. The second-order valence-corrected chi connectivity index (χ2v) is 4.50. The van der Waals surface area contributed by atoms with Crippen molar-refractivity contribution in [2.45, 2.75) is 57.3 Å². The van der Waals surface area contributed by atoms with Crippen molar-refractivity contribution < 1.29 is 14.6 Å². The van der Waals surface area contributed by atoms with Crippen molar-refractivity contribution in [2.75, 3.05) is 19.8 Å². The molecule has 0 saturated carbocycles. The van der Waals surface area contributed by atoms with Crippen LogP contribution in [0.15, 0.2) is 0 Å². The van der Waals surface area contributed by atoms with Gasteiger partial charge < -0.3 is 20.3 Å². The lowest BCUT2D eigenvalue weighted by atomic mass is 10.1. The quantitative estimate of drug-likeness (QED) is 0.687. The summed E-state index contributed by atoms with van der Waals surface area (Å²) in [6.45, 7) is 3.47. The van der Waals surface area contributed by atoms with Gasteiger partial charge in [-0.2, -0.15) is 0 Å². The fraction of sp³-hybridized carbons (Fsp3) is 1.00. The Kier molecular flexibility index (Phi) is 6.96. The summed E-state index contributed by atoms with van der Waals surface area (Å²) in [5.74, 6) is 0. The predicted molar refractivity (Wildman–Crippen MR) is 63.3 cm³/mol. The van der Waals surface area contributed by atoms with Gasteiger partial charge in [0.25, 0.3) is 0 Å². The summed E-state index contributed by atoms with van der Waals surface area (Å²) in [6.07, 6.45) is 5.26. The summed E-state index contributed by atoms with van der Waals surface area (Å²) in [4.78, 5) is 0. The predicted octanol–water partition coefficient (Wildman–Crippen LogP) is 1.06. The van der Waals surface area contributed by atoms with Crippen molar-refractivity contribution in [1.82, 2.24) is 0 Å². The van der Waals surface area contributed by atoms with Crippen LogP contribution in [0.1, 0.15) is 39.0 Å². The van der Waals surface area contributed by atoms with E-state index < -0.39 is 0 Å². The molecule has 1 rings (SSSR count). The molecule has 4 nitrogen and oxygen atoms in total. The van der Waals surface area contributed by atoms with E-state index in [4.69, 9.17) is 15.2 Å². The first kappa shape index (κ1) is 13.9. The standard InChI is InChI=1S/C12H25NO3/c1-2-5-11(13)12(8-14)16-9-10-6-3-4-7-15-10/h10-12,14H,2-9,13H2,1H3. The van der Waals surface area contributed by atoms with Crippen molar-refractivity contribution in [1.29, 1.82) is 0 Å². The highest BCUT2D eigenvalue weighted by atomic mass is 16.5. The van der Waals surface area contributed by atoms with E-state index in [1.807, 2.05) is 0 Å². The van der Waals surface area contributed by atoms with Gasteiger partial charge in [-0.05, 0) is 25.7 Å². The molecule has 0 bridgehead atoms. The minimum atomic E-state index is -0.245. The van der Waals surface area contributed by atoms with E-state index in [-0.39, 0.29) is 24.9 Å². The Morgan fingerprint density at radius 1 is 1.50 bits per heavy atom. The van der Waals surface area contributed by atoms with Crippen LogP contribution in [-0.2, 0) is 9.47 Å². The highest BCUT2D eigenvalue weighted by molar-refractivity contribution is 4.73. The van der Waals surface area contributed by atoms with Crippen molar-refractivity contribution in [3.63, 3.8) is 0 Å². The van der Waals surface area contributed by atoms with Gasteiger partial charge in [-0.1, -0.05) is 13.3 Å². The molecule has 1 fully saturated rings. The van der Waals surface area contributed by atoms with Crippen molar-refractivity contribution in [2.24, 2.45) is 5.73 Å². The third-order valence-corrected chi connectivity index (χ3v) is 3.05. The summed E-state index contributed by atoms with van der Waals surface area (Å²) in [7, 11) is 0. The van der Waals surface area contributed by atoms with Crippen LogP contribution in [0.3, 0.4) is 0 Å². The number of hydrogen-bond acceptors (Lipinski definition) is 4. The van der Waals surface area contributed by atoms with Gasteiger partial charge in [-0.25, -0.2) is 0 Å². The zero-order valence-corrected chi connectivity index (χ0v) is 10.2. The number of nitrogens with two attached hydrogens (primary N) is 1. The van der Waals surface area contributed by atoms with Gasteiger partial charge in [0.2, 0.25) is 0 Å². The van der Waals surface area contributed by atoms with E-state index in [1.54, 1.807) is 0 Å². The second kappa shape index (κ2) is 8.01. The van der Waals surface area contributed by atoms with Crippen molar-refractivity contribution in [3.05, 3.63) is 0 Å². The van der Waals surface area contributed by atoms with E-state index >= 15 is 0 Å². The molecular weight excluding hydrogens is 206 g/mol. The summed E-state index contributed by atoms with van der Waals surface area (Å²) in [5.41, 5.74) is 5.93. The van der Waals surface area contributed by atoms with E-state index in [0.717, 1.165) is 32.3 Å². The fourth-order valence-electron chi connectivity index (χ4n) is 2.00. The number of aliphatic hydroxyl groups is 1. The first-order chi connectivity index (χ1) is 7.77. The molecule has 1 heterocycles. The molecule has 96 valence electrons. The molecule has 0 aliphatic carbocycles. The summed E-state index contributed by atoms with van der Waals surface area (Å²) in [6, 6.07) is -0.0707. The Bertz CT molecular complexity index is 172. The molecule has 1 saturated heterocycles. The average molecular weight is 231 g/mol. The number of ether oxygens (including phenoxy) is 2. The number of aliphatic hydroxyl groups excluding tert-OH is 1. The normalized spacial score (nSPS) is 25.3. The maximum Gasteiger partial charge on any atom is 0.0957 e. The lowest BCUT2D eigenvalue weighted by molar-refractivity contribution is -0.0800. The molecule has 16 heavy (non-hydrogen) atoms. The lowest BCUT2D eigenvalue weighted by Gasteiger charge is -2.27. The van der Waals surface area contributed by atoms with Gasteiger partial charge >= 0.3 is 0 Å². The first-order valence-corrected chi connectivity index (χ1v) is 6.37. The highest BCUT2D eigenvalue weighted by Crippen LogP contribution is 2.14. The SMILES string of the molecule is CCCC(N)C(CO)OCC1CCCCO1. The maximum absolute atomic E-state index is 9.21. The van der Waals surface area contributed by atoms with Crippen molar-refractivity contribution in [3.8, 4) is 0 Å². The van der Waals surface area contributed by atoms with Gasteiger partial charge in [0.1, 0.15) is 0 Å².